The van der Waals surface area contributed by atoms with Crippen LogP contribution in [0.1, 0.15) is 42.7 Å². The summed E-state index contributed by atoms with van der Waals surface area (Å²) in [5.74, 6) is -0.955. The highest BCUT2D eigenvalue weighted by Crippen LogP contribution is 2.44. The molecule has 1 heterocycles. The highest BCUT2D eigenvalue weighted by Gasteiger charge is 2.38. The van der Waals surface area contributed by atoms with Crippen LogP contribution in [-0.2, 0) is 19.1 Å². The Hall–Kier alpha value is -3.39. The molecule has 1 saturated carbocycles. The summed E-state index contributed by atoms with van der Waals surface area (Å²) in [6.07, 6.45) is 1.14. The molecule has 2 fully saturated rings. The van der Waals surface area contributed by atoms with E-state index in [2.05, 4.69) is 34.9 Å². The quantitative estimate of drug-likeness (QED) is 0.510. The fourth-order valence-corrected chi connectivity index (χ4v) is 5.32. The van der Waals surface area contributed by atoms with Crippen molar-refractivity contribution in [2.24, 2.45) is 11.8 Å². The Bertz CT molecular complexity index is 1070. The van der Waals surface area contributed by atoms with Gasteiger partial charge < -0.3 is 25.2 Å². The third-order valence-corrected chi connectivity index (χ3v) is 7.26. The number of hydrogen-bond acceptors (Lipinski definition) is 5. The minimum absolute atomic E-state index is 0.0396. The van der Waals surface area contributed by atoms with Gasteiger partial charge in [-0.25, -0.2) is 4.79 Å². The van der Waals surface area contributed by atoms with Gasteiger partial charge in [-0.15, -0.1) is 0 Å². The van der Waals surface area contributed by atoms with Crippen LogP contribution in [0, 0.1) is 11.8 Å². The first kappa shape index (κ1) is 23.4. The lowest BCUT2D eigenvalue weighted by atomic mass is 9.98. The average Bonchev–Trinajstić information content (AvgIpc) is 3.52. The van der Waals surface area contributed by atoms with Crippen molar-refractivity contribution >= 4 is 18.0 Å². The topological polar surface area (TPSA) is 114 Å². The van der Waals surface area contributed by atoms with Gasteiger partial charge in [0.2, 0.25) is 0 Å². The second kappa shape index (κ2) is 10.1. The normalized spacial score (nSPS) is 21.6. The number of ether oxygens (including phenoxy) is 2. The van der Waals surface area contributed by atoms with E-state index >= 15 is 0 Å². The Balaban J connectivity index is 1.15. The zero-order valence-corrected chi connectivity index (χ0v) is 19.4. The van der Waals surface area contributed by atoms with E-state index in [-0.39, 0.29) is 30.8 Å². The lowest BCUT2D eigenvalue weighted by Gasteiger charge is -2.22. The summed E-state index contributed by atoms with van der Waals surface area (Å²) in [6, 6.07) is 15.8. The van der Waals surface area contributed by atoms with E-state index in [0.29, 0.717) is 25.5 Å². The van der Waals surface area contributed by atoms with Crippen LogP contribution in [0.15, 0.2) is 48.5 Å². The molecule has 0 radical (unpaired) electrons. The van der Waals surface area contributed by atoms with Gasteiger partial charge >= 0.3 is 12.1 Å². The van der Waals surface area contributed by atoms with Gasteiger partial charge in [0.05, 0.1) is 12.5 Å². The molecular weight excluding hydrogens is 448 g/mol. The summed E-state index contributed by atoms with van der Waals surface area (Å²) in [4.78, 5) is 36.5. The second-order valence-electron chi connectivity index (χ2n) is 9.60. The number of alkyl carbamates (subject to hydrolysis) is 1. The van der Waals surface area contributed by atoms with Crippen LogP contribution in [-0.4, -0.2) is 55.0 Å². The van der Waals surface area contributed by atoms with Crippen molar-refractivity contribution in [2.45, 2.75) is 43.7 Å². The van der Waals surface area contributed by atoms with Crippen LogP contribution >= 0.6 is 0 Å². The van der Waals surface area contributed by atoms with Crippen molar-refractivity contribution in [3.05, 3.63) is 59.7 Å². The molecule has 2 aromatic carbocycles. The van der Waals surface area contributed by atoms with Gasteiger partial charge in [0.1, 0.15) is 6.61 Å². The number of carbonyl (C=O) groups is 3. The number of benzene rings is 2. The number of carboxylic acids is 1. The first-order chi connectivity index (χ1) is 17.0. The molecule has 35 heavy (non-hydrogen) atoms. The molecule has 1 aliphatic heterocycles. The van der Waals surface area contributed by atoms with Gasteiger partial charge in [-0.2, -0.15) is 0 Å². The fraction of sp³-hybridized carbons (Fsp3) is 0.444. The standard InChI is InChI=1S/C27H30N2O6/c30-24(31)13-17(16-9-10-16)14-28-26(32)25-23(11-12-34-25)29-27(33)35-15-22-20-7-3-1-5-18(20)19-6-2-4-8-21(19)22/h1-8,16-17,22-23,25H,9-15H2,(H,28,32)(H,29,33)(H,30,31)/t17?,23-,25+/m1/s1. The molecule has 3 N–H and O–H groups in total. The molecule has 3 aliphatic rings. The van der Waals surface area contributed by atoms with Crippen molar-refractivity contribution in [1.82, 2.24) is 10.6 Å². The zero-order chi connectivity index (χ0) is 24.4. The lowest BCUT2D eigenvalue weighted by molar-refractivity contribution is -0.139. The molecule has 8 nitrogen and oxygen atoms in total. The molecule has 2 aromatic rings. The maximum atomic E-state index is 12.7. The zero-order valence-electron chi connectivity index (χ0n) is 19.4. The van der Waals surface area contributed by atoms with Crippen LogP contribution < -0.4 is 10.6 Å². The van der Waals surface area contributed by atoms with E-state index in [9.17, 15) is 14.4 Å². The number of carboxylic acid groups (broad SMARTS) is 1. The van der Waals surface area contributed by atoms with Gasteiger partial charge in [0, 0.05) is 19.1 Å². The number of amides is 2. The van der Waals surface area contributed by atoms with Crippen molar-refractivity contribution in [3.63, 3.8) is 0 Å². The number of hydrogen-bond donors (Lipinski definition) is 3. The number of carbonyl (C=O) groups excluding carboxylic acids is 2. The largest absolute Gasteiger partial charge is 0.481 e. The van der Waals surface area contributed by atoms with Crippen LogP contribution in [0.3, 0.4) is 0 Å². The SMILES string of the molecule is O=C(O)CC(CNC(=O)[C@H]1OCC[C@H]1NC(=O)OCC1c2ccccc2-c2ccccc21)C1CC1. The molecule has 0 aromatic heterocycles. The molecule has 3 atom stereocenters. The Kier molecular flexibility index (Phi) is 6.72. The Labute approximate surface area is 204 Å². The first-order valence-corrected chi connectivity index (χ1v) is 12.2. The van der Waals surface area contributed by atoms with Crippen molar-refractivity contribution in [2.75, 3.05) is 19.8 Å². The lowest BCUT2D eigenvalue weighted by Crippen LogP contribution is -2.49. The van der Waals surface area contributed by atoms with E-state index in [4.69, 9.17) is 14.6 Å². The molecule has 0 spiro atoms. The Morgan fingerprint density at radius 3 is 2.29 bits per heavy atom. The fourth-order valence-electron chi connectivity index (χ4n) is 5.32. The summed E-state index contributed by atoms with van der Waals surface area (Å²) in [6.45, 7) is 0.851. The highest BCUT2D eigenvalue weighted by atomic mass is 16.6. The predicted octanol–water partition coefficient (Wildman–Crippen LogP) is 3.30. The van der Waals surface area contributed by atoms with E-state index in [0.717, 1.165) is 35.1 Å². The second-order valence-corrected chi connectivity index (χ2v) is 9.60. The maximum Gasteiger partial charge on any atom is 0.407 e. The molecule has 1 unspecified atom stereocenters. The van der Waals surface area contributed by atoms with Gasteiger partial charge in [0.25, 0.3) is 5.91 Å². The summed E-state index contributed by atoms with van der Waals surface area (Å²) >= 11 is 0. The third kappa shape index (κ3) is 5.17. The minimum Gasteiger partial charge on any atom is -0.481 e. The monoisotopic (exact) mass is 478 g/mol. The van der Waals surface area contributed by atoms with Crippen LogP contribution in [0.4, 0.5) is 4.79 Å². The summed E-state index contributed by atoms with van der Waals surface area (Å²) in [5, 5.41) is 14.7. The first-order valence-electron chi connectivity index (χ1n) is 12.2. The third-order valence-electron chi connectivity index (χ3n) is 7.26. The number of fused-ring (bicyclic) bond motifs is 3. The van der Waals surface area contributed by atoms with E-state index in [1.54, 1.807) is 0 Å². The van der Waals surface area contributed by atoms with E-state index < -0.39 is 24.2 Å². The molecule has 2 amide bonds. The molecule has 2 aliphatic carbocycles. The summed E-state index contributed by atoms with van der Waals surface area (Å²) < 4.78 is 11.2. The van der Waals surface area contributed by atoms with Crippen LogP contribution in [0.5, 0.6) is 0 Å². The van der Waals surface area contributed by atoms with Crippen LogP contribution in [0.2, 0.25) is 0 Å². The molecule has 0 bridgehead atoms. The smallest absolute Gasteiger partial charge is 0.407 e. The van der Waals surface area contributed by atoms with Crippen LogP contribution in [0.25, 0.3) is 11.1 Å². The van der Waals surface area contributed by atoms with Crippen molar-refractivity contribution < 1.29 is 29.0 Å². The Morgan fingerprint density at radius 2 is 1.66 bits per heavy atom. The van der Waals surface area contributed by atoms with Crippen molar-refractivity contribution in [1.29, 1.82) is 0 Å². The van der Waals surface area contributed by atoms with E-state index in [1.165, 1.54) is 0 Å². The number of aliphatic carboxylic acids is 1. The van der Waals surface area contributed by atoms with E-state index in [1.807, 2.05) is 24.3 Å². The molecular formula is C27H30N2O6. The minimum atomic E-state index is -0.858. The van der Waals surface area contributed by atoms with Gasteiger partial charge in [-0.1, -0.05) is 48.5 Å². The molecule has 5 rings (SSSR count). The summed E-state index contributed by atoms with van der Waals surface area (Å²) in [7, 11) is 0. The summed E-state index contributed by atoms with van der Waals surface area (Å²) in [5.41, 5.74) is 4.58. The maximum absolute atomic E-state index is 12.7. The predicted molar refractivity (Wildman–Crippen MR) is 128 cm³/mol. The van der Waals surface area contributed by atoms with Crippen molar-refractivity contribution in [3.8, 4) is 11.1 Å². The van der Waals surface area contributed by atoms with Gasteiger partial charge in [-0.3, -0.25) is 9.59 Å². The number of rotatable bonds is 9. The average molecular weight is 479 g/mol. The highest BCUT2D eigenvalue weighted by molar-refractivity contribution is 5.83. The Morgan fingerprint density at radius 1 is 1.00 bits per heavy atom. The molecule has 8 heteroatoms. The number of nitrogens with one attached hydrogen (secondary N) is 2. The van der Waals surface area contributed by atoms with Gasteiger partial charge in [-0.05, 0) is 53.4 Å². The molecule has 184 valence electrons. The molecule has 1 saturated heterocycles. The van der Waals surface area contributed by atoms with Gasteiger partial charge in [0.15, 0.2) is 6.10 Å².